The highest BCUT2D eigenvalue weighted by Crippen LogP contribution is 2.31. The maximum atomic E-state index is 12.9. The predicted octanol–water partition coefficient (Wildman–Crippen LogP) is 5.10. The fourth-order valence-electron chi connectivity index (χ4n) is 3.44. The van der Waals surface area contributed by atoms with E-state index in [9.17, 15) is 22.8 Å². The van der Waals surface area contributed by atoms with Gasteiger partial charge < -0.3 is 19.9 Å². The summed E-state index contributed by atoms with van der Waals surface area (Å²) >= 11 is 0. The van der Waals surface area contributed by atoms with Gasteiger partial charge in [0.05, 0.1) is 5.56 Å². The molecule has 194 valence electrons. The molecule has 1 saturated heterocycles. The number of aromatic nitrogens is 1. The van der Waals surface area contributed by atoms with Crippen molar-refractivity contribution in [2.24, 2.45) is 5.92 Å². The van der Waals surface area contributed by atoms with Crippen LogP contribution in [0.5, 0.6) is 0 Å². The van der Waals surface area contributed by atoms with Crippen LogP contribution in [0.2, 0.25) is 0 Å². The molecule has 2 rings (SSSR count). The van der Waals surface area contributed by atoms with Gasteiger partial charge in [-0.25, -0.2) is 9.78 Å². The number of nitrogens with zero attached hydrogens (tertiary/aromatic N) is 3. The Bertz CT molecular complexity index is 788. The number of nitrogens with one attached hydrogen (secondary N) is 1. The van der Waals surface area contributed by atoms with E-state index in [0.717, 1.165) is 18.3 Å². The zero-order valence-electron chi connectivity index (χ0n) is 21.3. The number of piperazine rings is 1. The molecule has 10 heteroatoms. The summed E-state index contributed by atoms with van der Waals surface area (Å²) in [6, 6.07) is 1.85. The fourth-order valence-corrected chi connectivity index (χ4v) is 3.44. The SMILES string of the molecule is CC.CC(CCC(C)C(=O)N1CCN(c2cc(C(F)(F)F)ccn2)CC1)NC(=O)OC(C)(C)C. The molecule has 2 amide bonds. The number of carbonyl (C=O) groups is 2. The van der Waals surface area contributed by atoms with E-state index in [0.29, 0.717) is 39.0 Å². The normalized spacial score (nSPS) is 16.2. The quantitative estimate of drug-likeness (QED) is 0.603. The minimum atomic E-state index is -4.42. The van der Waals surface area contributed by atoms with Gasteiger partial charge in [0, 0.05) is 44.3 Å². The molecule has 0 aromatic carbocycles. The molecule has 1 aromatic heterocycles. The number of carbonyl (C=O) groups excluding carboxylic acids is 2. The summed E-state index contributed by atoms with van der Waals surface area (Å²) in [6.07, 6.45) is -2.51. The van der Waals surface area contributed by atoms with Crippen molar-refractivity contribution in [1.82, 2.24) is 15.2 Å². The van der Waals surface area contributed by atoms with Crippen molar-refractivity contribution >= 4 is 17.8 Å². The Labute approximate surface area is 201 Å². The Balaban J connectivity index is 0.00000281. The van der Waals surface area contributed by atoms with E-state index >= 15 is 0 Å². The highest BCUT2D eigenvalue weighted by molar-refractivity contribution is 5.78. The summed E-state index contributed by atoms with van der Waals surface area (Å²) in [4.78, 5) is 32.2. The number of alkyl carbamates (subject to hydrolysis) is 1. The lowest BCUT2D eigenvalue weighted by molar-refractivity contribution is -0.137. The molecule has 1 N–H and O–H groups in total. The monoisotopic (exact) mass is 488 g/mol. The predicted molar refractivity (Wildman–Crippen MR) is 127 cm³/mol. The van der Waals surface area contributed by atoms with Crippen LogP contribution in [0.3, 0.4) is 0 Å². The third-order valence-electron chi connectivity index (χ3n) is 5.21. The summed E-state index contributed by atoms with van der Waals surface area (Å²) in [5.41, 5.74) is -1.30. The Morgan fingerprint density at radius 2 is 1.68 bits per heavy atom. The second kappa shape index (κ2) is 12.8. The lowest BCUT2D eigenvalue weighted by Gasteiger charge is -2.36. The second-order valence-electron chi connectivity index (χ2n) is 9.24. The van der Waals surface area contributed by atoms with Crippen LogP contribution in [0, 0.1) is 5.92 Å². The van der Waals surface area contributed by atoms with Crippen LogP contribution in [-0.4, -0.2) is 59.7 Å². The second-order valence-corrected chi connectivity index (χ2v) is 9.24. The van der Waals surface area contributed by atoms with Gasteiger partial charge in [0.25, 0.3) is 0 Å². The van der Waals surface area contributed by atoms with Crippen LogP contribution in [0.15, 0.2) is 18.3 Å². The highest BCUT2D eigenvalue weighted by atomic mass is 19.4. The molecule has 0 radical (unpaired) electrons. The average Bonchev–Trinajstić information content (AvgIpc) is 2.76. The standard InChI is InChI=1S/C22H33F3N4O3.C2H6/c1-15(6-7-16(2)27-20(31)32-21(3,4)5)19(30)29-12-10-28(11-13-29)18-14-17(8-9-26-18)22(23,24)25;1-2/h8-9,14-16H,6-7,10-13H2,1-5H3,(H,27,31);1-2H3. The number of hydrogen-bond acceptors (Lipinski definition) is 5. The van der Waals surface area contributed by atoms with Crippen molar-refractivity contribution in [3.05, 3.63) is 23.9 Å². The molecule has 2 atom stereocenters. The molecule has 2 heterocycles. The molecule has 1 aromatic rings. The Morgan fingerprint density at radius 1 is 1.09 bits per heavy atom. The van der Waals surface area contributed by atoms with E-state index in [1.807, 2.05) is 27.7 Å². The van der Waals surface area contributed by atoms with Gasteiger partial charge in [-0.15, -0.1) is 0 Å². The molecule has 2 unspecified atom stereocenters. The largest absolute Gasteiger partial charge is 0.444 e. The first-order chi connectivity index (χ1) is 15.8. The molecule has 0 aliphatic carbocycles. The van der Waals surface area contributed by atoms with Crippen LogP contribution in [0.25, 0.3) is 0 Å². The number of halogens is 3. The van der Waals surface area contributed by atoms with Crippen LogP contribution < -0.4 is 10.2 Å². The number of pyridine rings is 1. The molecule has 1 fully saturated rings. The molecule has 1 aliphatic heterocycles. The number of ether oxygens (including phenoxy) is 1. The summed E-state index contributed by atoms with van der Waals surface area (Å²) in [5.74, 6) is 0.0456. The van der Waals surface area contributed by atoms with Gasteiger partial charge in [-0.3, -0.25) is 4.79 Å². The molecular formula is C24H39F3N4O3. The molecule has 1 aliphatic rings. The summed E-state index contributed by atoms with van der Waals surface area (Å²) in [5, 5.41) is 2.77. The van der Waals surface area contributed by atoms with Crippen LogP contribution in [0.4, 0.5) is 23.8 Å². The number of hydrogen-bond donors (Lipinski definition) is 1. The van der Waals surface area contributed by atoms with E-state index in [-0.39, 0.29) is 23.7 Å². The van der Waals surface area contributed by atoms with Crippen LogP contribution in [-0.2, 0) is 15.7 Å². The van der Waals surface area contributed by atoms with E-state index in [1.165, 1.54) is 0 Å². The van der Waals surface area contributed by atoms with Gasteiger partial charge in [0.1, 0.15) is 11.4 Å². The first-order valence-electron chi connectivity index (χ1n) is 11.8. The molecule has 34 heavy (non-hydrogen) atoms. The van der Waals surface area contributed by atoms with Crippen molar-refractivity contribution in [2.45, 2.75) is 79.1 Å². The van der Waals surface area contributed by atoms with E-state index < -0.39 is 23.4 Å². The number of rotatable bonds is 6. The average molecular weight is 489 g/mol. The maximum Gasteiger partial charge on any atom is 0.416 e. The van der Waals surface area contributed by atoms with Crippen molar-refractivity contribution in [3.8, 4) is 0 Å². The van der Waals surface area contributed by atoms with E-state index in [2.05, 4.69) is 10.3 Å². The third kappa shape index (κ3) is 9.77. The van der Waals surface area contributed by atoms with Gasteiger partial charge in [-0.05, 0) is 52.7 Å². The Morgan fingerprint density at radius 3 is 2.21 bits per heavy atom. The van der Waals surface area contributed by atoms with Crippen molar-refractivity contribution in [3.63, 3.8) is 0 Å². The molecule has 0 saturated carbocycles. The number of anilines is 1. The Kier molecular flexibility index (Phi) is 11.1. The van der Waals surface area contributed by atoms with Crippen molar-refractivity contribution < 1.29 is 27.5 Å². The van der Waals surface area contributed by atoms with E-state index in [1.54, 1.807) is 30.6 Å². The smallest absolute Gasteiger partial charge is 0.416 e. The van der Waals surface area contributed by atoms with Crippen LogP contribution in [0.1, 0.15) is 66.9 Å². The molecular weight excluding hydrogens is 449 g/mol. The highest BCUT2D eigenvalue weighted by Gasteiger charge is 2.32. The first-order valence-corrected chi connectivity index (χ1v) is 11.8. The molecule has 0 spiro atoms. The summed E-state index contributed by atoms with van der Waals surface area (Å²) in [6.45, 7) is 14.8. The fraction of sp³-hybridized carbons (Fsp3) is 0.708. The van der Waals surface area contributed by atoms with Crippen molar-refractivity contribution in [2.75, 3.05) is 31.1 Å². The zero-order chi connectivity index (χ0) is 26.1. The number of alkyl halides is 3. The van der Waals surface area contributed by atoms with Crippen LogP contribution >= 0.6 is 0 Å². The minimum Gasteiger partial charge on any atom is -0.444 e. The first kappa shape index (κ1) is 29.5. The Hall–Kier alpha value is -2.52. The van der Waals surface area contributed by atoms with Gasteiger partial charge in [-0.2, -0.15) is 13.2 Å². The van der Waals surface area contributed by atoms with E-state index in [4.69, 9.17) is 4.74 Å². The molecule has 7 nitrogen and oxygen atoms in total. The van der Waals surface area contributed by atoms with Crippen molar-refractivity contribution in [1.29, 1.82) is 0 Å². The zero-order valence-corrected chi connectivity index (χ0v) is 21.3. The lowest BCUT2D eigenvalue weighted by Crippen LogP contribution is -2.50. The molecule has 0 bridgehead atoms. The minimum absolute atomic E-state index is 0.00567. The third-order valence-corrected chi connectivity index (χ3v) is 5.21. The van der Waals surface area contributed by atoms with Gasteiger partial charge >= 0.3 is 12.3 Å². The topological polar surface area (TPSA) is 74.8 Å². The number of amides is 2. The van der Waals surface area contributed by atoms with Gasteiger partial charge in [0.15, 0.2) is 0 Å². The van der Waals surface area contributed by atoms with Gasteiger partial charge in [0.2, 0.25) is 5.91 Å². The summed E-state index contributed by atoms with van der Waals surface area (Å²) in [7, 11) is 0. The van der Waals surface area contributed by atoms with Gasteiger partial charge in [-0.1, -0.05) is 20.8 Å². The maximum absolute atomic E-state index is 12.9. The lowest BCUT2D eigenvalue weighted by atomic mass is 10.0. The summed E-state index contributed by atoms with van der Waals surface area (Å²) < 4.78 is 44.0.